The predicted octanol–water partition coefficient (Wildman–Crippen LogP) is 5.95. The lowest BCUT2D eigenvalue weighted by molar-refractivity contribution is -0.00881. The van der Waals surface area contributed by atoms with E-state index in [1.165, 1.54) is 13.0 Å². The van der Waals surface area contributed by atoms with E-state index < -0.39 is 18.2 Å². The molecule has 1 aromatic heterocycles. The average Bonchev–Trinajstić information content (AvgIpc) is 2.71. The Balaban J connectivity index is 1.90. The molecule has 158 valence electrons. The number of nitrogens with one attached hydrogen (secondary N) is 1. The number of hydrogen-bond donors (Lipinski definition) is 1. The van der Waals surface area contributed by atoms with Gasteiger partial charge < -0.3 is 10.1 Å². The third-order valence-corrected chi connectivity index (χ3v) is 4.89. The van der Waals surface area contributed by atoms with Crippen LogP contribution in [-0.4, -0.2) is 18.1 Å². The maximum absolute atomic E-state index is 13.8. The fourth-order valence-electron chi connectivity index (χ4n) is 2.63. The largest absolute Gasteiger partial charge is 0.493 e. The molecule has 1 atom stereocenters. The summed E-state index contributed by atoms with van der Waals surface area (Å²) in [5, 5.41) is 3.28. The minimum absolute atomic E-state index is 0.0975. The first kappa shape index (κ1) is 22.8. The molecule has 1 aromatic carbocycles. The molecule has 0 radical (unpaired) electrons. The highest BCUT2D eigenvalue weighted by atomic mass is 19.3. The van der Waals surface area contributed by atoms with E-state index in [0.717, 1.165) is 42.1 Å². The third-order valence-electron chi connectivity index (χ3n) is 4.89. The maximum Gasteiger partial charge on any atom is 0.273 e. The van der Waals surface area contributed by atoms with Crippen LogP contribution in [0.3, 0.4) is 0 Å². The fraction of sp³-hybridized carbons (Fsp3) is 0.435. The van der Waals surface area contributed by atoms with Crippen molar-refractivity contribution in [3.05, 3.63) is 65.7 Å². The second-order valence-corrected chi connectivity index (χ2v) is 7.26. The average molecular weight is 406 g/mol. The van der Waals surface area contributed by atoms with Crippen molar-refractivity contribution in [3.63, 3.8) is 0 Å². The van der Waals surface area contributed by atoms with Crippen LogP contribution in [0.5, 0.6) is 5.75 Å². The third kappa shape index (κ3) is 6.80. The number of halogens is 3. The van der Waals surface area contributed by atoms with Gasteiger partial charge in [0.15, 0.2) is 0 Å². The molecule has 0 bridgehead atoms. The van der Waals surface area contributed by atoms with Crippen molar-refractivity contribution in [1.29, 1.82) is 0 Å². The van der Waals surface area contributed by atoms with Crippen LogP contribution >= 0.6 is 0 Å². The standard InChI is InChI=1S/C23H29F3N2O/c1-5-16(3)14-27-17(4)22-8-7-18(15-28-22)9-10-29-21-12-19(11-20(24)13-21)23(25,26)6-2/h7-8,11-13,15-16,27H,4-6,9-10,14H2,1-3H3. The van der Waals surface area contributed by atoms with Gasteiger partial charge in [0.2, 0.25) is 0 Å². The van der Waals surface area contributed by atoms with E-state index in [4.69, 9.17) is 4.74 Å². The van der Waals surface area contributed by atoms with Crippen LogP contribution in [0, 0.1) is 11.7 Å². The molecule has 0 aliphatic rings. The van der Waals surface area contributed by atoms with Crippen LogP contribution in [-0.2, 0) is 12.3 Å². The lowest BCUT2D eigenvalue weighted by Gasteiger charge is -2.16. The molecule has 2 aromatic rings. The monoisotopic (exact) mass is 406 g/mol. The molecular weight excluding hydrogens is 377 g/mol. The molecular formula is C23H29F3N2O. The number of ether oxygens (including phenoxy) is 1. The summed E-state index contributed by atoms with van der Waals surface area (Å²) in [5.74, 6) is -3.16. The van der Waals surface area contributed by atoms with E-state index >= 15 is 0 Å². The number of pyridine rings is 1. The number of benzene rings is 1. The normalized spacial score (nSPS) is 12.5. The summed E-state index contributed by atoms with van der Waals surface area (Å²) in [6.45, 7) is 10.8. The molecule has 1 heterocycles. The predicted molar refractivity (Wildman–Crippen MR) is 111 cm³/mol. The number of nitrogens with zero attached hydrogens (tertiary/aromatic N) is 1. The van der Waals surface area contributed by atoms with E-state index in [-0.39, 0.29) is 17.9 Å². The Kier molecular flexibility index (Phi) is 8.11. The fourth-order valence-corrected chi connectivity index (χ4v) is 2.63. The summed E-state index contributed by atoms with van der Waals surface area (Å²) in [6, 6.07) is 6.96. The second-order valence-electron chi connectivity index (χ2n) is 7.26. The summed E-state index contributed by atoms with van der Waals surface area (Å²) >= 11 is 0. The number of aromatic nitrogens is 1. The second kappa shape index (κ2) is 10.3. The van der Waals surface area contributed by atoms with Gasteiger partial charge in [0, 0.05) is 37.2 Å². The van der Waals surface area contributed by atoms with Crippen molar-refractivity contribution in [2.24, 2.45) is 5.92 Å². The molecule has 3 nitrogen and oxygen atoms in total. The quantitative estimate of drug-likeness (QED) is 0.501. The van der Waals surface area contributed by atoms with Crippen LogP contribution in [0.15, 0.2) is 43.1 Å². The first-order valence-corrected chi connectivity index (χ1v) is 9.95. The van der Waals surface area contributed by atoms with Crippen LogP contribution in [0.2, 0.25) is 0 Å². The summed E-state index contributed by atoms with van der Waals surface area (Å²) in [6.07, 6.45) is 2.95. The Morgan fingerprint density at radius 1 is 1.24 bits per heavy atom. The maximum atomic E-state index is 13.8. The Hall–Kier alpha value is -2.50. The molecule has 6 heteroatoms. The van der Waals surface area contributed by atoms with Gasteiger partial charge in [-0.05, 0) is 29.7 Å². The Bertz CT molecular complexity index is 806. The van der Waals surface area contributed by atoms with Gasteiger partial charge in [0.05, 0.1) is 18.0 Å². The molecule has 29 heavy (non-hydrogen) atoms. The van der Waals surface area contributed by atoms with Crippen LogP contribution in [0.1, 0.15) is 50.4 Å². The lowest BCUT2D eigenvalue weighted by atomic mass is 10.1. The summed E-state index contributed by atoms with van der Waals surface area (Å²) in [4.78, 5) is 4.40. The molecule has 2 rings (SSSR count). The molecule has 0 spiro atoms. The summed E-state index contributed by atoms with van der Waals surface area (Å²) in [7, 11) is 0. The van der Waals surface area contributed by atoms with Crippen molar-refractivity contribution in [3.8, 4) is 5.75 Å². The van der Waals surface area contributed by atoms with Crippen LogP contribution in [0.25, 0.3) is 5.70 Å². The first-order valence-electron chi connectivity index (χ1n) is 9.95. The van der Waals surface area contributed by atoms with Crippen LogP contribution in [0.4, 0.5) is 13.2 Å². The number of hydrogen-bond acceptors (Lipinski definition) is 3. The Morgan fingerprint density at radius 3 is 2.62 bits per heavy atom. The van der Waals surface area contributed by atoms with Gasteiger partial charge >= 0.3 is 0 Å². The zero-order chi connectivity index (χ0) is 21.4. The SMILES string of the molecule is C=C(NCC(C)CC)c1ccc(CCOc2cc(F)cc(C(F)(F)CC)c2)cn1. The Morgan fingerprint density at radius 2 is 2.00 bits per heavy atom. The molecule has 0 amide bonds. The molecule has 0 saturated heterocycles. The number of alkyl halides is 2. The minimum atomic E-state index is -3.08. The van der Waals surface area contributed by atoms with Crippen molar-refractivity contribution in [1.82, 2.24) is 10.3 Å². The molecule has 1 unspecified atom stereocenters. The van der Waals surface area contributed by atoms with E-state index in [0.29, 0.717) is 12.3 Å². The van der Waals surface area contributed by atoms with Crippen molar-refractivity contribution in [2.75, 3.05) is 13.2 Å². The van der Waals surface area contributed by atoms with Gasteiger partial charge in [-0.25, -0.2) is 13.2 Å². The highest BCUT2D eigenvalue weighted by Gasteiger charge is 2.30. The van der Waals surface area contributed by atoms with Crippen molar-refractivity contribution >= 4 is 5.70 Å². The first-order chi connectivity index (χ1) is 13.7. The molecule has 0 aliphatic heterocycles. The van der Waals surface area contributed by atoms with E-state index in [1.807, 2.05) is 12.1 Å². The smallest absolute Gasteiger partial charge is 0.273 e. The zero-order valence-corrected chi connectivity index (χ0v) is 17.3. The zero-order valence-electron chi connectivity index (χ0n) is 17.3. The van der Waals surface area contributed by atoms with Crippen LogP contribution < -0.4 is 10.1 Å². The molecule has 0 aliphatic carbocycles. The highest BCUT2D eigenvalue weighted by Crippen LogP contribution is 2.34. The molecule has 0 fully saturated rings. The minimum Gasteiger partial charge on any atom is -0.493 e. The highest BCUT2D eigenvalue weighted by molar-refractivity contribution is 5.57. The van der Waals surface area contributed by atoms with E-state index in [1.54, 1.807) is 6.20 Å². The summed E-state index contributed by atoms with van der Waals surface area (Å²) in [5.41, 5.74) is 2.11. The van der Waals surface area contributed by atoms with Gasteiger partial charge in [0.1, 0.15) is 11.6 Å². The molecule has 1 N–H and O–H groups in total. The topological polar surface area (TPSA) is 34.1 Å². The van der Waals surface area contributed by atoms with Gasteiger partial charge in [-0.3, -0.25) is 4.98 Å². The van der Waals surface area contributed by atoms with Gasteiger partial charge in [-0.2, -0.15) is 0 Å². The van der Waals surface area contributed by atoms with Gasteiger partial charge in [0.25, 0.3) is 5.92 Å². The Labute approximate surface area is 171 Å². The lowest BCUT2D eigenvalue weighted by Crippen LogP contribution is -2.19. The van der Waals surface area contributed by atoms with E-state index in [2.05, 4.69) is 30.7 Å². The summed E-state index contributed by atoms with van der Waals surface area (Å²) < 4.78 is 46.8. The van der Waals surface area contributed by atoms with Crippen molar-refractivity contribution < 1.29 is 17.9 Å². The molecule has 0 saturated carbocycles. The van der Waals surface area contributed by atoms with Gasteiger partial charge in [-0.15, -0.1) is 0 Å². The van der Waals surface area contributed by atoms with Crippen molar-refractivity contribution in [2.45, 2.75) is 46.0 Å². The number of rotatable bonds is 11. The van der Waals surface area contributed by atoms with Gasteiger partial charge in [-0.1, -0.05) is 39.8 Å². The van der Waals surface area contributed by atoms with E-state index in [9.17, 15) is 13.2 Å².